The first-order valence-corrected chi connectivity index (χ1v) is 7.57. The predicted octanol–water partition coefficient (Wildman–Crippen LogP) is 3.37. The predicted molar refractivity (Wildman–Crippen MR) is 86.5 cm³/mol. The summed E-state index contributed by atoms with van der Waals surface area (Å²) in [6, 6.07) is 8.30. The molecular formula is C19H18O4. The number of ketones is 2. The molecule has 0 bridgehead atoms. The molecule has 0 amide bonds. The number of benzene rings is 2. The van der Waals surface area contributed by atoms with E-state index in [2.05, 4.69) is 0 Å². The van der Waals surface area contributed by atoms with E-state index in [-0.39, 0.29) is 34.0 Å². The first-order valence-electron chi connectivity index (χ1n) is 7.57. The average Bonchev–Trinajstić information content (AvgIpc) is 2.53. The molecule has 0 heterocycles. The van der Waals surface area contributed by atoms with Crippen molar-refractivity contribution in [2.75, 3.05) is 7.11 Å². The Morgan fingerprint density at radius 2 is 1.70 bits per heavy atom. The first kappa shape index (κ1) is 15.3. The van der Waals surface area contributed by atoms with E-state index in [0.29, 0.717) is 29.2 Å². The second kappa shape index (κ2) is 5.54. The Morgan fingerprint density at radius 3 is 2.35 bits per heavy atom. The van der Waals surface area contributed by atoms with Gasteiger partial charge in [0.1, 0.15) is 11.5 Å². The molecule has 0 aromatic heterocycles. The number of fused-ring (bicyclic) bond motifs is 2. The summed E-state index contributed by atoms with van der Waals surface area (Å²) in [5.41, 5.74) is 1.56. The molecule has 1 aliphatic rings. The summed E-state index contributed by atoms with van der Waals surface area (Å²) < 4.78 is 5.23. The molecular weight excluding hydrogens is 292 g/mol. The van der Waals surface area contributed by atoms with Crippen molar-refractivity contribution in [1.29, 1.82) is 0 Å². The number of phenols is 1. The third-order valence-corrected chi connectivity index (χ3v) is 4.08. The summed E-state index contributed by atoms with van der Waals surface area (Å²) in [4.78, 5) is 25.6. The highest BCUT2D eigenvalue weighted by molar-refractivity contribution is 6.30. The topological polar surface area (TPSA) is 63.6 Å². The highest BCUT2D eigenvalue weighted by Gasteiger charge is 2.35. The Morgan fingerprint density at radius 1 is 1.00 bits per heavy atom. The Balaban J connectivity index is 2.24. The van der Waals surface area contributed by atoms with E-state index in [1.165, 1.54) is 7.11 Å². The largest absolute Gasteiger partial charge is 0.507 e. The summed E-state index contributed by atoms with van der Waals surface area (Å²) in [6.45, 7) is 4.06. The number of carbonyl (C=O) groups excluding carboxylic acids is 2. The SMILES string of the molecule is COc1cccc2c1C(=O)c1c(ccc(CC(C)C)c1O)C2=O. The van der Waals surface area contributed by atoms with Crippen LogP contribution in [0.25, 0.3) is 0 Å². The second-order valence-electron chi connectivity index (χ2n) is 6.13. The van der Waals surface area contributed by atoms with Gasteiger partial charge >= 0.3 is 0 Å². The van der Waals surface area contributed by atoms with E-state index >= 15 is 0 Å². The summed E-state index contributed by atoms with van der Waals surface area (Å²) in [5, 5.41) is 10.5. The minimum Gasteiger partial charge on any atom is -0.507 e. The van der Waals surface area contributed by atoms with Crippen molar-refractivity contribution in [3.63, 3.8) is 0 Å². The maximum atomic E-state index is 12.9. The van der Waals surface area contributed by atoms with E-state index in [0.717, 1.165) is 0 Å². The molecule has 0 saturated carbocycles. The van der Waals surface area contributed by atoms with Crippen molar-refractivity contribution in [3.05, 3.63) is 58.1 Å². The van der Waals surface area contributed by atoms with E-state index in [1.807, 2.05) is 13.8 Å². The minimum absolute atomic E-state index is 0.0881. The first-order chi connectivity index (χ1) is 11.0. The normalized spacial score (nSPS) is 13.0. The van der Waals surface area contributed by atoms with Crippen LogP contribution in [0.3, 0.4) is 0 Å². The van der Waals surface area contributed by atoms with Gasteiger partial charge in [-0.1, -0.05) is 32.0 Å². The van der Waals surface area contributed by atoms with Crippen LogP contribution < -0.4 is 4.74 Å². The van der Waals surface area contributed by atoms with Crippen molar-refractivity contribution >= 4 is 11.6 Å². The monoisotopic (exact) mass is 310 g/mol. The van der Waals surface area contributed by atoms with Crippen LogP contribution in [-0.4, -0.2) is 23.8 Å². The zero-order chi connectivity index (χ0) is 16.7. The molecule has 118 valence electrons. The van der Waals surface area contributed by atoms with Gasteiger partial charge in [-0.05, 0) is 30.0 Å². The maximum absolute atomic E-state index is 12.9. The Hall–Kier alpha value is -2.62. The molecule has 1 aliphatic carbocycles. The molecule has 0 fully saturated rings. The lowest BCUT2D eigenvalue weighted by atomic mass is 9.81. The number of hydrogen-bond donors (Lipinski definition) is 1. The van der Waals surface area contributed by atoms with Crippen LogP contribution in [0, 0.1) is 5.92 Å². The quantitative estimate of drug-likeness (QED) is 0.805. The van der Waals surface area contributed by atoms with E-state index in [4.69, 9.17) is 4.74 Å². The molecule has 0 spiro atoms. The Bertz CT molecular complexity index is 818. The van der Waals surface area contributed by atoms with Gasteiger partial charge in [0.15, 0.2) is 5.78 Å². The number of aromatic hydroxyl groups is 1. The lowest BCUT2D eigenvalue weighted by Crippen LogP contribution is -2.22. The van der Waals surface area contributed by atoms with Crippen LogP contribution in [0.1, 0.15) is 51.3 Å². The van der Waals surface area contributed by atoms with Crippen molar-refractivity contribution in [2.24, 2.45) is 5.92 Å². The van der Waals surface area contributed by atoms with Crippen LogP contribution in [0.15, 0.2) is 30.3 Å². The molecule has 23 heavy (non-hydrogen) atoms. The summed E-state index contributed by atoms with van der Waals surface area (Å²) in [5.74, 6) is -0.0449. The Labute approximate surface area is 134 Å². The zero-order valence-corrected chi connectivity index (χ0v) is 13.3. The smallest absolute Gasteiger partial charge is 0.201 e. The molecule has 0 atom stereocenters. The molecule has 0 radical (unpaired) electrons. The van der Waals surface area contributed by atoms with Crippen LogP contribution in [-0.2, 0) is 6.42 Å². The maximum Gasteiger partial charge on any atom is 0.201 e. The number of carbonyl (C=O) groups is 2. The summed E-state index contributed by atoms with van der Waals surface area (Å²) in [6.07, 6.45) is 0.638. The van der Waals surface area contributed by atoms with E-state index < -0.39 is 0 Å². The van der Waals surface area contributed by atoms with Crippen molar-refractivity contribution in [2.45, 2.75) is 20.3 Å². The summed E-state index contributed by atoms with van der Waals surface area (Å²) in [7, 11) is 1.46. The zero-order valence-electron chi connectivity index (χ0n) is 13.3. The molecule has 3 rings (SSSR count). The fourth-order valence-corrected chi connectivity index (χ4v) is 3.05. The van der Waals surface area contributed by atoms with Crippen molar-refractivity contribution in [1.82, 2.24) is 0 Å². The van der Waals surface area contributed by atoms with Crippen molar-refractivity contribution < 1.29 is 19.4 Å². The minimum atomic E-state index is -0.366. The lowest BCUT2D eigenvalue weighted by molar-refractivity contribution is 0.0974. The van der Waals surface area contributed by atoms with Gasteiger partial charge in [-0.3, -0.25) is 9.59 Å². The van der Waals surface area contributed by atoms with Crippen LogP contribution in [0.5, 0.6) is 11.5 Å². The second-order valence-corrected chi connectivity index (χ2v) is 6.13. The lowest BCUT2D eigenvalue weighted by Gasteiger charge is -2.21. The number of methoxy groups -OCH3 is 1. The number of phenolic OH excluding ortho intramolecular Hbond substituents is 1. The van der Waals surface area contributed by atoms with Gasteiger partial charge in [-0.2, -0.15) is 0 Å². The van der Waals surface area contributed by atoms with Gasteiger partial charge < -0.3 is 9.84 Å². The molecule has 2 aromatic rings. The van der Waals surface area contributed by atoms with Gasteiger partial charge in [0.05, 0.1) is 18.2 Å². The molecule has 0 saturated heterocycles. The Kier molecular flexibility index (Phi) is 3.68. The molecule has 2 aromatic carbocycles. The molecule has 0 aliphatic heterocycles. The van der Waals surface area contributed by atoms with Gasteiger partial charge in [-0.25, -0.2) is 0 Å². The third-order valence-electron chi connectivity index (χ3n) is 4.08. The number of ether oxygens (including phenoxy) is 1. The molecule has 1 N–H and O–H groups in total. The standard InChI is InChI=1S/C19H18O4/c1-10(2)9-11-7-8-13-16(17(11)20)19(22)15-12(18(13)21)5-4-6-14(15)23-3/h4-8,10,20H,9H2,1-3H3. The number of rotatable bonds is 3. The van der Waals surface area contributed by atoms with Crippen molar-refractivity contribution in [3.8, 4) is 11.5 Å². The third kappa shape index (κ3) is 2.31. The van der Waals surface area contributed by atoms with Gasteiger partial charge in [0, 0.05) is 11.1 Å². The van der Waals surface area contributed by atoms with Gasteiger partial charge in [0.2, 0.25) is 5.78 Å². The molecule has 0 unspecified atom stereocenters. The highest BCUT2D eigenvalue weighted by Crippen LogP contribution is 2.38. The fourth-order valence-electron chi connectivity index (χ4n) is 3.05. The molecule has 4 heteroatoms. The number of hydrogen-bond acceptors (Lipinski definition) is 4. The fraction of sp³-hybridized carbons (Fsp3) is 0.263. The average molecular weight is 310 g/mol. The van der Waals surface area contributed by atoms with E-state index in [1.54, 1.807) is 30.3 Å². The van der Waals surface area contributed by atoms with Crippen LogP contribution in [0.4, 0.5) is 0 Å². The van der Waals surface area contributed by atoms with Gasteiger partial charge in [-0.15, -0.1) is 0 Å². The van der Waals surface area contributed by atoms with E-state index in [9.17, 15) is 14.7 Å². The van der Waals surface area contributed by atoms with Crippen LogP contribution >= 0.6 is 0 Å². The summed E-state index contributed by atoms with van der Waals surface area (Å²) >= 11 is 0. The van der Waals surface area contributed by atoms with Gasteiger partial charge in [0.25, 0.3) is 0 Å². The highest BCUT2D eigenvalue weighted by atomic mass is 16.5. The molecule has 4 nitrogen and oxygen atoms in total. The van der Waals surface area contributed by atoms with Crippen LogP contribution in [0.2, 0.25) is 0 Å².